The van der Waals surface area contributed by atoms with Crippen LogP contribution in [0.3, 0.4) is 0 Å². The normalized spacial score (nSPS) is 12.5. The SMILES string of the molecule is Cc1nc(C(C)Nc2cc(Br)ccc2Br)c(C)s1. The Hall–Kier alpha value is -0.390. The summed E-state index contributed by atoms with van der Waals surface area (Å²) < 4.78 is 2.12. The van der Waals surface area contributed by atoms with Crippen LogP contribution in [-0.4, -0.2) is 4.98 Å². The van der Waals surface area contributed by atoms with Crippen LogP contribution in [0.2, 0.25) is 0 Å². The van der Waals surface area contributed by atoms with Gasteiger partial charge in [-0.25, -0.2) is 4.98 Å². The summed E-state index contributed by atoms with van der Waals surface area (Å²) >= 11 is 8.78. The maximum atomic E-state index is 4.59. The Kier molecular flexibility index (Phi) is 4.45. The van der Waals surface area contributed by atoms with E-state index in [1.165, 1.54) is 4.88 Å². The van der Waals surface area contributed by atoms with E-state index in [1.807, 2.05) is 19.1 Å². The second-order valence-corrected chi connectivity index (χ2v) is 7.34. The van der Waals surface area contributed by atoms with Crippen molar-refractivity contribution in [2.75, 3.05) is 5.32 Å². The molecule has 0 spiro atoms. The molecule has 0 saturated carbocycles. The highest BCUT2D eigenvalue weighted by Crippen LogP contribution is 2.31. The van der Waals surface area contributed by atoms with E-state index in [1.54, 1.807) is 11.3 Å². The fourth-order valence-corrected chi connectivity index (χ4v) is 3.49. The second kappa shape index (κ2) is 5.72. The molecule has 1 atom stereocenters. The van der Waals surface area contributed by atoms with Gasteiger partial charge in [0.15, 0.2) is 0 Å². The van der Waals surface area contributed by atoms with Gasteiger partial charge in [0.2, 0.25) is 0 Å². The van der Waals surface area contributed by atoms with E-state index in [0.29, 0.717) is 0 Å². The first-order chi connectivity index (χ1) is 8.47. The van der Waals surface area contributed by atoms with E-state index in [-0.39, 0.29) is 6.04 Å². The number of halogens is 2. The van der Waals surface area contributed by atoms with Crippen LogP contribution in [0.15, 0.2) is 27.1 Å². The zero-order chi connectivity index (χ0) is 13.3. The van der Waals surface area contributed by atoms with E-state index in [9.17, 15) is 0 Å². The first-order valence-electron chi connectivity index (χ1n) is 5.63. The zero-order valence-corrected chi connectivity index (χ0v) is 14.4. The van der Waals surface area contributed by atoms with E-state index >= 15 is 0 Å². The Bertz CT molecular complexity index is 566. The topological polar surface area (TPSA) is 24.9 Å². The third kappa shape index (κ3) is 3.13. The van der Waals surface area contributed by atoms with Crippen LogP contribution in [0.4, 0.5) is 5.69 Å². The van der Waals surface area contributed by atoms with Crippen LogP contribution in [0.25, 0.3) is 0 Å². The van der Waals surface area contributed by atoms with Crippen molar-refractivity contribution < 1.29 is 0 Å². The molecule has 0 bridgehead atoms. The van der Waals surface area contributed by atoms with Crippen molar-refractivity contribution in [3.8, 4) is 0 Å². The summed E-state index contributed by atoms with van der Waals surface area (Å²) in [5, 5.41) is 4.60. The van der Waals surface area contributed by atoms with Gasteiger partial charge in [0.25, 0.3) is 0 Å². The van der Waals surface area contributed by atoms with E-state index < -0.39 is 0 Å². The van der Waals surface area contributed by atoms with Gasteiger partial charge in [0.05, 0.1) is 22.4 Å². The van der Waals surface area contributed by atoms with Crippen molar-refractivity contribution in [3.05, 3.63) is 42.7 Å². The highest BCUT2D eigenvalue weighted by Gasteiger charge is 2.14. The molecule has 0 radical (unpaired) electrons. The summed E-state index contributed by atoms with van der Waals surface area (Å²) in [7, 11) is 0. The molecule has 1 N–H and O–H groups in total. The molecule has 1 aromatic heterocycles. The van der Waals surface area contributed by atoms with Crippen molar-refractivity contribution >= 4 is 48.9 Å². The summed E-state index contributed by atoms with van der Waals surface area (Å²) in [6.45, 7) is 6.30. The second-order valence-electron chi connectivity index (χ2n) is 4.16. The van der Waals surface area contributed by atoms with Crippen LogP contribution in [0, 0.1) is 13.8 Å². The lowest BCUT2D eigenvalue weighted by Gasteiger charge is -2.16. The Labute approximate surface area is 128 Å². The summed E-state index contributed by atoms with van der Waals surface area (Å²) in [4.78, 5) is 5.86. The minimum atomic E-state index is 0.195. The lowest BCUT2D eigenvalue weighted by Crippen LogP contribution is -2.08. The lowest BCUT2D eigenvalue weighted by atomic mass is 10.2. The molecule has 2 rings (SSSR count). The van der Waals surface area contributed by atoms with E-state index in [4.69, 9.17) is 0 Å². The Morgan fingerprint density at radius 1 is 1.28 bits per heavy atom. The molecule has 1 unspecified atom stereocenters. The van der Waals surface area contributed by atoms with Gasteiger partial charge in [0, 0.05) is 13.8 Å². The number of nitrogens with zero attached hydrogens (tertiary/aromatic N) is 1. The number of benzene rings is 1. The number of hydrogen-bond acceptors (Lipinski definition) is 3. The van der Waals surface area contributed by atoms with Crippen molar-refractivity contribution in [3.63, 3.8) is 0 Å². The van der Waals surface area contributed by atoms with Gasteiger partial charge in [0.1, 0.15) is 0 Å². The fourth-order valence-electron chi connectivity index (χ4n) is 1.86. The Balaban J connectivity index is 2.23. The largest absolute Gasteiger partial charge is 0.376 e. The molecule has 1 heterocycles. The lowest BCUT2D eigenvalue weighted by molar-refractivity contribution is 0.836. The first kappa shape index (κ1) is 14.0. The van der Waals surface area contributed by atoms with Gasteiger partial charge in [-0.3, -0.25) is 0 Å². The predicted octanol–water partition coefficient (Wildman–Crippen LogP) is 5.46. The molecule has 0 amide bonds. The number of anilines is 1. The molecule has 0 aliphatic heterocycles. The van der Waals surface area contributed by atoms with Gasteiger partial charge in [-0.05, 0) is 54.9 Å². The first-order valence-corrected chi connectivity index (χ1v) is 8.03. The van der Waals surface area contributed by atoms with Crippen LogP contribution in [-0.2, 0) is 0 Å². The summed E-state index contributed by atoms with van der Waals surface area (Å²) in [5.74, 6) is 0. The standard InChI is InChI=1S/C13H14Br2N2S/c1-7(13-8(2)18-9(3)17-13)16-12-6-10(14)4-5-11(12)15/h4-7,16H,1-3H3. The van der Waals surface area contributed by atoms with Crippen LogP contribution in [0.5, 0.6) is 0 Å². The van der Waals surface area contributed by atoms with Crippen LogP contribution >= 0.6 is 43.2 Å². The maximum absolute atomic E-state index is 4.59. The van der Waals surface area contributed by atoms with E-state index in [2.05, 4.69) is 62.1 Å². The molecule has 1 aromatic carbocycles. The fraction of sp³-hybridized carbons (Fsp3) is 0.308. The number of nitrogens with one attached hydrogen (secondary N) is 1. The molecule has 5 heteroatoms. The third-order valence-electron chi connectivity index (χ3n) is 2.65. The molecule has 96 valence electrons. The number of aryl methyl sites for hydroxylation is 2. The highest BCUT2D eigenvalue weighted by molar-refractivity contribution is 9.11. The summed E-state index contributed by atoms with van der Waals surface area (Å²) in [5.41, 5.74) is 2.20. The monoisotopic (exact) mass is 388 g/mol. The van der Waals surface area contributed by atoms with Gasteiger partial charge < -0.3 is 5.32 Å². The smallest absolute Gasteiger partial charge is 0.0901 e. The van der Waals surface area contributed by atoms with Crippen LogP contribution < -0.4 is 5.32 Å². The van der Waals surface area contributed by atoms with Crippen molar-refractivity contribution in [2.24, 2.45) is 0 Å². The molecular weight excluding hydrogens is 376 g/mol. The summed E-state index contributed by atoms with van der Waals surface area (Å²) in [6, 6.07) is 6.30. The molecule has 0 aliphatic carbocycles. The molecule has 0 aliphatic rings. The molecule has 2 nitrogen and oxygen atoms in total. The summed E-state index contributed by atoms with van der Waals surface area (Å²) in [6.07, 6.45) is 0. The molecular formula is C13H14Br2N2S. The average Bonchev–Trinajstić information content (AvgIpc) is 2.63. The molecule has 0 fully saturated rings. The van der Waals surface area contributed by atoms with Crippen molar-refractivity contribution in [2.45, 2.75) is 26.8 Å². The average molecular weight is 390 g/mol. The molecule has 2 aromatic rings. The third-order valence-corrected chi connectivity index (χ3v) is 4.74. The maximum Gasteiger partial charge on any atom is 0.0901 e. The number of rotatable bonds is 3. The predicted molar refractivity (Wildman–Crippen MR) is 85.5 cm³/mol. The van der Waals surface area contributed by atoms with Crippen LogP contribution in [0.1, 0.15) is 28.5 Å². The van der Waals surface area contributed by atoms with Gasteiger partial charge in [-0.15, -0.1) is 11.3 Å². The minimum Gasteiger partial charge on any atom is -0.376 e. The van der Waals surface area contributed by atoms with E-state index in [0.717, 1.165) is 25.3 Å². The quantitative estimate of drug-likeness (QED) is 0.753. The number of hydrogen-bond donors (Lipinski definition) is 1. The minimum absolute atomic E-state index is 0.195. The zero-order valence-electron chi connectivity index (χ0n) is 10.4. The van der Waals surface area contributed by atoms with Crippen molar-refractivity contribution in [1.29, 1.82) is 0 Å². The molecule has 0 saturated heterocycles. The van der Waals surface area contributed by atoms with Crippen molar-refractivity contribution in [1.82, 2.24) is 4.98 Å². The Morgan fingerprint density at radius 3 is 2.61 bits per heavy atom. The van der Waals surface area contributed by atoms with Gasteiger partial charge in [-0.1, -0.05) is 15.9 Å². The number of aromatic nitrogens is 1. The highest BCUT2D eigenvalue weighted by atomic mass is 79.9. The number of thiazole rings is 1. The van der Waals surface area contributed by atoms with Gasteiger partial charge >= 0.3 is 0 Å². The molecule has 18 heavy (non-hydrogen) atoms. The van der Waals surface area contributed by atoms with Gasteiger partial charge in [-0.2, -0.15) is 0 Å². The Morgan fingerprint density at radius 2 is 2.00 bits per heavy atom.